The number of nitrogens with zero attached hydrogens (tertiary/aromatic N) is 2. The second-order valence-electron chi connectivity index (χ2n) is 4.54. The van der Waals surface area contributed by atoms with E-state index in [0.717, 1.165) is 26.2 Å². The molecular weight excluding hydrogens is 268 g/mol. The lowest BCUT2D eigenvalue weighted by Gasteiger charge is -2.09. The number of aryl methyl sites for hydroxylation is 2. The minimum absolute atomic E-state index is 0.388. The quantitative estimate of drug-likeness (QED) is 0.937. The maximum Gasteiger partial charge on any atom is 0.0931 e. The predicted octanol–water partition coefficient (Wildman–Crippen LogP) is 2.90. The summed E-state index contributed by atoms with van der Waals surface area (Å²) in [5.41, 5.74) is 3.27. The van der Waals surface area contributed by atoms with Gasteiger partial charge in [-0.05, 0) is 31.5 Å². The maximum absolute atomic E-state index is 10.1. The third-order valence-electron chi connectivity index (χ3n) is 3.16. The third kappa shape index (κ3) is 2.94. The minimum Gasteiger partial charge on any atom is -0.392 e. The molecule has 0 amide bonds. The number of aliphatic hydroxyl groups is 1. The maximum atomic E-state index is 10.1. The smallest absolute Gasteiger partial charge is 0.0931 e. The molecule has 2 rings (SSSR count). The summed E-state index contributed by atoms with van der Waals surface area (Å²) >= 11 is 7.41. The van der Waals surface area contributed by atoms with E-state index < -0.39 is 0 Å². The molecule has 0 aromatic carbocycles. The van der Waals surface area contributed by atoms with Gasteiger partial charge in [-0.1, -0.05) is 11.6 Å². The van der Waals surface area contributed by atoms with Crippen LogP contribution in [0.3, 0.4) is 0 Å². The Morgan fingerprint density at radius 3 is 2.61 bits per heavy atom. The Balaban J connectivity index is 2.05. The monoisotopic (exact) mass is 284 g/mol. The van der Waals surface area contributed by atoms with Gasteiger partial charge in [0.15, 0.2) is 0 Å². The van der Waals surface area contributed by atoms with Gasteiger partial charge in [-0.2, -0.15) is 5.10 Å². The van der Waals surface area contributed by atoms with Gasteiger partial charge in [0.1, 0.15) is 0 Å². The van der Waals surface area contributed by atoms with Crippen molar-refractivity contribution in [3.8, 4) is 0 Å². The minimum atomic E-state index is -0.388. The molecule has 0 saturated heterocycles. The Morgan fingerprint density at radius 1 is 1.39 bits per heavy atom. The number of thiophene rings is 1. The number of hydrogen-bond acceptors (Lipinski definition) is 3. The fraction of sp³-hybridized carbons (Fsp3) is 0.462. The summed E-state index contributed by atoms with van der Waals surface area (Å²) in [5, 5.41) is 14.5. The van der Waals surface area contributed by atoms with Gasteiger partial charge in [-0.25, -0.2) is 0 Å². The first-order valence-electron chi connectivity index (χ1n) is 5.88. The van der Waals surface area contributed by atoms with Crippen LogP contribution in [0.25, 0.3) is 0 Å². The summed E-state index contributed by atoms with van der Waals surface area (Å²) in [6, 6.07) is 3.84. The molecule has 2 aromatic rings. The van der Waals surface area contributed by atoms with E-state index in [9.17, 15) is 5.11 Å². The van der Waals surface area contributed by atoms with Gasteiger partial charge in [0, 0.05) is 30.5 Å². The molecule has 18 heavy (non-hydrogen) atoms. The second kappa shape index (κ2) is 5.43. The molecule has 1 unspecified atom stereocenters. The van der Waals surface area contributed by atoms with Crippen LogP contribution in [0.15, 0.2) is 12.1 Å². The standard InChI is InChI=1S/C13H17ClN2OS/c1-8-12(9(2)16(3)15-8)7-10(17)6-11-4-5-13(14)18-11/h4-5,10,17H,6-7H2,1-3H3. The molecule has 0 aliphatic carbocycles. The predicted molar refractivity (Wildman–Crippen MR) is 75.4 cm³/mol. The summed E-state index contributed by atoms with van der Waals surface area (Å²) < 4.78 is 2.63. The average Bonchev–Trinajstić information content (AvgIpc) is 2.78. The molecule has 3 nitrogen and oxygen atoms in total. The van der Waals surface area contributed by atoms with E-state index in [1.54, 1.807) is 0 Å². The zero-order chi connectivity index (χ0) is 13.3. The fourth-order valence-corrected chi connectivity index (χ4v) is 3.27. The largest absolute Gasteiger partial charge is 0.392 e. The molecule has 0 aliphatic heterocycles. The Labute approximate surface area is 116 Å². The van der Waals surface area contributed by atoms with Crippen molar-refractivity contribution in [1.29, 1.82) is 0 Å². The van der Waals surface area contributed by atoms with E-state index in [1.165, 1.54) is 11.3 Å². The van der Waals surface area contributed by atoms with Gasteiger partial charge in [-0.15, -0.1) is 11.3 Å². The van der Waals surface area contributed by atoms with Gasteiger partial charge >= 0.3 is 0 Å². The van der Waals surface area contributed by atoms with Gasteiger partial charge < -0.3 is 5.11 Å². The highest BCUT2D eigenvalue weighted by Crippen LogP contribution is 2.24. The van der Waals surface area contributed by atoms with Crippen molar-refractivity contribution >= 4 is 22.9 Å². The van der Waals surface area contributed by atoms with Crippen LogP contribution in [-0.2, 0) is 19.9 Å². The normalized spacial score (nSPS) is 12.9. The number of rotatable bonds is 4. The SMILES string of the molecule is Cc1nn(C)c(C)c1CC(O)Cc1ccc(Cl)s1. The molecule has 1 N–H and O–H groups in total. The van der Waals surface area contributed by atoms with Crippen molar-refractivity contribution in [2.45, 2.75) is 32.8 Å². The summed E-state index contributed by atoms with van der Waals surface area (Å²) in [6.45, 7) is 4.02. The van der Waals surface area contributed by atoms with Crippen molar-refractivity contribution < 1.29 is 5.11 Å². The van der Waals surface area contributed by atoms with Crippen molar-refractivity contribution in [2.24, 2.45) is 7.05 Å². The van der Waals surface area contributed by atoms with E-state index >= 15 is 0 Å². The van der Waals surface area contributed by atoms with Gasteiger partial charge in [0.2, 0.25) is 0 Å². The van der Waals surface area contributed by atoms with Crippen LogP contribution >= 0.6 is 22.9 Å². The number of aromatic nitrogens is 2. The molecule has 0 spiro atoms. The molecule has 2 aromatic heterocycles. The number of halogens is 1. The van der Waals surface area contributed by atoms with Crippen molar-refractivity contribution in [3.63, 3.8) is 0 Å². The number of aliphatic hydroxyl groups excluding tert-OH is 1. The highest BCUT2D eigenvalue weighted by molar-refractivity contribution is 7.16. The first kappa shape index (κ1) is 13.6. The lowest BCUT2D eigenvalue weighted by atomic mass is 10.0. The summed E-state index contributed by atoms with van der Waals surface area (Å²) in [5.74, 6) is 0. The molecule has 2 heterocycles. The van der Waals surface area contributed by atoms with Crippen molar-refractivity contribution in [2.75, 3.05) is 0 Å². The summed E-state index contributed by atoms with van der Waals surface area (Å²) in [7, 11) is 1.93. The molecule has 5 heteroatoms. The Kier molecular flexibility index (Phi) is 4.10. The lowest BCUT2D eigenvalue weighted by molar-refractivity contribution is 0.176. The lowest BCUT2D eigenvalue weighted by Crippen LogP contribution is -2.14. The topological polar surface area (TPSA) is 38.0 Å². The Hall–Kier alpha value is -0.840. The molecule has 98 valence electrons. The van der Waals surface area contributed by atoms with E-state index in [1.807, 2.05) is 37.7 Å². The van der Waals surface area contributed by atoms with Gasteiger partial charge in [-0.3, -0.25) is 4.68 Å². The van der Waals surface area contributed by atoms with E-state index in [4.69, 9.17) is 11.6 Å². The molecule has 1 atom stereocenters. The van der Waals surface area contributed by atoms with Crippen molar-refractivity contribution in [1.82, 2.24) is 9.78 Å². The second-order valence-corrected chi connectivity index (χ2v) is 6.34. The van der Waals surface area contributed by atoms with Gasteiger partial charge in [0.05, 0.1) is 16.1 Å². The first-order chi connectivity index (χ1) is 8.47. The van der Waals surface area contributed by atoms with Crippen LogP contribution in [0, 0.1) is 13.8 Å². The van der Waals surface area contributed by atoms with Gasteiger partial charge in [0.25, 0.3) is 0 Å². The molecule has 0 saturated carbocycles. The van der Waals surface area contributed by atoms with Crippen LogP contribution in [0.4, 0.5) is 0 Å². The van der Waals surface area contributed by atoms with Crippen LogP contribution < -0.4 is 0 Å². The Morgan fingerprint density at radius 2 is 2.11 bits per heavy atom. The zero-order valence-corrected chi connectivity index (χ0v) is 12.3. The number of hydrogen-bond donors (Lipinski definition) is 1. The molecule has 0 radical (unpaired) electrons. The van der Waals surface area contributed by atoms with Crippen LogP contribution in [-0.4, -0.2) is 21.0 Å². The summed E-state index contributed by atoms with van der Waals surface area (Å²) in [4.78, 5) is 1.12. The van der Waals surface area contributed by atoms with E-state index in [2.05, 4.69) is 5.10 Å². The van der Waals surface area contributed by atoms with Crippen LogP contribution in [0.5, 0.6) is 0 Å². The third-order valence-corrected chi connectivity index (χ3v) is 4.42. The molecule has 0 fully saturated rings. The van der Waals surface area contributed by atoms with Crippen molar-refractivity contribution in [3.05, 3.63) is 38.3 Å². The molecular formula is C13H17ClN2OS. The molecule has 0 aliphatic rings. The highest BCUT2D eigenvalue weighted by Gasteiger charge is 2.15. The zero-order valence-electron chi connectivity index (χ0n) is 10.8. The highest BCUT2D eigenvalue weighted by atomic mass is 35.5. The first-order valence-corrected chi connectivity index (χ1v) is 7.08. The van der Waals surface area contributed by atoms with Crippen LogP contribution in [0.1, 0.15) is 21.8 Å². The Bertz CT molecular complexity index is 547. The van der Waals surface area contributed by atoms with E-state index in [-0.39, 0.29) is 6.10 Å². The van der Waals surface area contributed by atoms with E-state index in [0.29, 0.717) is 12.8 Å². The fourth-order valence-electron chi connectivity index (χ4n) is 2.11. The van der Waals surface area contributed by atoms with Crippen LogP contribution in [0.2, 0.25) is 4.34 Å². The average molecular weight is 285 g/mol. The summed E-state index contributed by atoms with van der Waals surface area (Å²) in [6.07, 6.45) is 0.896. The molecule has 0 bridgehead atoms.